The molecule has 0 radical (unpaired) electrons. The predicted octanol–water partition coefficient (Wildman–Crippen LogP) is 2.43. The van der Waals surface area contributed by atoms with Gasteiger partial charge in [0.1, 0.15) is 18.4 Å². The van der Waals surface area contributed by atoms with Gasteiger partial charge in [-0.05, 0) is 17.7 Å². The predicted molar refractivity (Wildman–Crippen MR) is 85.5 cm³/mol. The lowest BCUT2D eigenvalue weighted by Gasteiger charge is -2.21. The van der Waals surface area contributed by atoms with Crippen molar-refractivity contribution in [3.05, 3.63) is 65.7 Å². The number of aliphatic hydroxyl groups excluding tert-OH is 1. The highest BCUT2D eigenvalue weighted by atomic mass is 16.5. The van der Waals surface area contributed by atoms with Crippen LogP contribution in [0.5, 0.6) is 5.75 Å². The van der Waals surface area contributed by atoms with Gasteiger partial charge < -0.3 is 9.84 Å². The van der Waals surface area contributed by atoms with E-state index in [0.29, 0.717) is 31.0 Å². The standard InChI is InChI=1S/C18H20N2O2/c19-14-17-8-4-5-9-18(17)22-13-11-20(10-12-21)15-16-6-2-1-3-7-16/h1-9,21H,10-13,15H2. The Hall–Kier alpha value is -2.35. The lowest BCUT2D eigenvalue weighted by molar-refractivity contribution is 0.163. The van der Waals surface area contributed by atoms with Crippen molar-refractivity contribution in [3.63, 3.8) is 0 Å². The summed E-state index contributed by atoms with van der Waals surface area (Å²) in [6, 6.07) is 19.5. The first-order valence-corrected chi connectivity index (χ1v) is 7.32. The molecule has 22 heavy (non-hydrogen) atoms. The van der Waals surface area contributed by atoms with Gasteiger partial charge in [-0.1, -0.05) is 42.5 Å². The van der Waals surface area contributed by atoms with Crippen molar-refractivity contribution in [3.8, 4) is 11.8 Å². The number of para-hydroxylation sites is 1. The summed E-state index contributed by atoms with van der Waals surface area (Å²) in [5.41, 5.74) is 1.74. The van der Waals surface area contributed by atoms with Crippen LogP contribution >= 0.6 is 0 Å². The molecule has 0 fully saturated rings. The number of aliphatic hydroxyl groups is 1. The summed E-state index contributed by atoms with van der Waals surface area (Å²) in [6.07, 6.45) is 0. The van der Waals surface area contributed by atoms with Crippen molar-refractivity contribution in [1.29, 1.82) is 5.26 Å². The fourth-order valence-corrected chi connectivity index (χ4v) is 2.22. The van der Waals surface area contributed by atoms with Crippen LogP contribution in [0.1, 0.15) is 11.1 Å². The van der Waals surface area contributed by atoms with Gasteiger partial charge in [-0.25, -0.2) is 0 Å². The molecule has 2 aromatic carbocycles. The number of nitrogens with zero attached hydrogens (tertiary/aromatic N) is 2. The summed E-state index contributed by atoms with van der Waals surface area (Å²) in [7, 11) is 0. The molecule has 0 aliphatic carbocycles. The second kappa shape index (κ2) is 8.83. The Balaban J connectivity index is 1.88. The minimum atomic E-state index is 0.113. The quantitative estimate of drug-likeness (QED) is 0.813. The van der Waals surface area contributed by atoms with Crippen molar-refractivity contribution in [2.75, 3.05) is 26.3 Å². The van der Waals surface area contributed by atoms with E-state index in [-0.39, 0.29) is 6.61 Å². The Labute approximate surface area is 131 Å². The molecule has 0 heterocycles. The van der Waals surface area contributed by atoms with Crippen LogP contribution in [0.4, 0.5) is 0 Å². The van der Waals surface area contributed by atoms with Crippen LogP contribution in [-0.2, 0) is 6.54 Å². The Bertz CT molecular complexity index is 608. The van der Waals surface area contributed by atoms with Gasteiger partial charge in [0.25, 0.3) is 0 Å². The zero-order valence-corrected chi connectivity index (χ0v) is 12.5. The maximum Gasteiger partial charge on any atom is 0.137 e. The molecule has 0 saturated carbocycles. The fraction of sp³-hybridized carbons (Fsp3) is 0.278. The van der Waals surface area contributed by atoms with E-state index in [9.17, 15) is 5.11 Å². The molecule has 4 nitrogen and oxygen atoms in total. The first kappa shape index (κ1) is 16.0. The Morgan fingerprint density at radius 1 is 1.00 bits per heavy atom. The molecule has 2 aromatic rings. The highest BCUT2D eigenvalue weighted by molar-refractivity contribution is 5.42. The highest BCUT2D eigenvalue weighted by Crippen LogP contribution is 2.16. The maximum atomic E-state index is 9.19. The van der Waals surface area contributed by atoms with E-state index >= 15 is 0 Å². The van der Waals surface area contributed by atoms with Gasteiger partial charge in [0, 0.05) is 19.6 Å². The molecule has 2 rings (SSSR count). The van der Waals surface area contributed by atoms with Crippen LogP contribution in [0.25, 0.3) is 0 Å². The average Bonchev–Trinajstić information content (AvgIpc) is 2.56. The molecular formula is C18H20N2O2. The number of hydrogen-bond acceptors (Lipinski definition) is 4. The normalized spacial score (nSPS) is 10.4. The van der Waals surface area contributed by atoms with Crippen LogP contribution in [0.2, 0.25) is 0 Å². The first-order chi connectivity index (χ1) is 10.8. The summed E-state index contributed by atoms with van der Waals surface area (Å²) in [6.45, 7) is 2.64. The largest absolute Gasteiger partial charge is 0.491 e. The van der Waals surface area contributed by atoms with E-state index in [2.05, 4.69) is 23.1 Å². The smallest absolute Gasteiger partial charge is 0.137 e. The highest BCUT2D eigenvalue weighted by Gasteiger charge is 2.07. The maximum absolute atomic E-state index is 9.19. The van der Waals surface area contributed by atoms with Crippen LogP contribution < -0.4 is 4.74 Å². The molecule has 0 atom stereocenters. The zero-order valence-electron chi connectivity index (χ0n) is 12.5. The summed E-state index contributed by atoms with van der Waals surface area (Å²) < 4.78 is 5.70. The van der Waals surface area contributed by atoms with E-state index in [1.807, 2.05) is 30.3 Å². The molecule has 0 aliphatic heterocycles. The van der Waals surface area contributed by atoms with Crippen molar-refractivity contribution >= 4 is 0 Å². The van der Waals surface area contributed by atoms with Crippen molar-refractivity contribution in [2.45, 2.75) is 6.54 Å². The zero-order chi connectivity index (χ0) is 15.6. The second-order valence-electron chi connectivity index (χ2n) is 4.94. The number of benzene rings is 2. The lowest BCUT2D eigenvalue weighted by atomic mass is 10.2. The molecule has 0 saturated heterocycles. The fourth-order valence-electron chi connectivity index (χ4n) is 2.22. The van der Waals surface area contributed by atoms with Gasteiger partial charge in [0.2, 0.25) is 0 Å². The number of ether oxygens (including phenoxy) is 1. The first-order valence-electron chi connectivity index (χ1n) is 7.32. The van der Waals surface area contributed by atoms with E-state index in [1.54, 1.807) is 12.1 Å². The number of rotatable bonds is 8. The van der Waals surface area contributed by atoms with Gasteiger partial charge >= 0.3 is 0 Å². The molecule has 4 heteroatoms. The Kier molecular flexibility index (Phi) is 6.43. The minimum absolute atomic E-state index is 0.113. The molecule has 1 N–H and O–H groups in total. The third-order valence-electron chi connectivity index (χ3n) is 3.34. The molecule has 0 aliphatic rings. The van der Waals surface area contributed by atoms with E-state index in [4.69, 9.17) is 10.00 Å². The summed E-state index contributed by atoms with van der Waals surface area (Å²) in [5.74, 6) is 0.605. The molecule has 114 valence electrons. The SMILES string of the molecule is N#Cc1ccccc1OCCN(CCO)Cc1ccccc1. The molecule has 0 spiro atoms. The van der Waals surface area contributed by atoms with Gasteiger partial charge in [-0.15, -0.1) is 0 Å². The van der Waals surface area contributed by atoms with Crippen LogP contribution in [0, 0.1) is 11.3 Å². The molecule has 0 aromatic heterocycles. The van der Waals surface area contributed by atoms with Gasteiger partial charge in [0.05, 0.1) is 12.2 Å². The lowest BCUT2D eigenvalue weighted by Crippen LogP contribution is -2.30. The minimum Gasteiger partial charge on any atom is -0.491 e. The summed E-state index contributed by atoms with van der Waals surface area (Å²) in [4.78, 5) is 2.13. The van der Waals surface area contributed by atoms with E-state index in [1.165, 1.54) is 5.56 Å². The monoisotopic (exact) mass is 296 g/mol. The van der Waals surface area contributed by atoms with Crippen molar-refractivity contribution < 1.29 is 9.84 Å². The van der Waals surface area contributed by atoms with Crippen molar-refractivity contribution in [2.24, 2.45) is 0 Å². The summed E-state index contributed by atoms with van der Waals surface area (Å²) >= 11 is 0. The van der Waals surface area contributed by atoms with Crippen LogP contribution in [-0.4, -0.2) is 36.3 Å². The molecule has 0 bridgehead atoms. The third kappa shape index (κ3) is 4.88. The second-order valence-corrected chi connectivity index (χ2v) is 4.94. The molecule has 0 amide bonds. The van der Waals surface area contributed by atoms with Gasteiger partial charge in [-0.3, -0.25) is 4.90 Å². The molecule has 0 unspecified atom stereocenters. The average molecular weight is 296 g/mol. The Morgan fingerprint density at radius 2 is 1.73 bits per heavy atom. The van der Waals surface area contributed by atoms with Gasteiger partial charge in [-0.2, -0.15) is 5.26 Å². The third-order valence-corrected chi connectivity index (χ3v) is 3.34. The van der Waals surface area contributed by atoms with Crippen LogP contribution in [0.3, 0.4) is 0 Å². The number of nitriles is 1. The summed E-state index contributed by atoms with van der Waals surface area (Å²) in [5, 5.41) is 18.2. The van der Waals surface area contributed by atoms with E-state index in [0.717, 1.165) is 6.54 Å². The van der Waals surface area contributed by atoms with Crippen LogP contribution in [0.15, 0.2) is 54.6 Å². The van der Waals surface area contributed by atoms with Crippen molar-refractivity contribution in [1.82, 2.24) is 4.90 Å². The molecular weight excluding hydrogens is 276 g/mol. The van der Waals surface area contributed by atoms with Gasteiger partial charge in [0.15, 0.2) is 0 Å². The topological polar surface area (TPSA) is 56.5 Å². The number of hydrogen-bond donors (Lipinski definition) is 1. The Morgan fingerprint density at radius 3 is 2.45 bits per heavy atom. The van der Waals surface area contributed by atoms with E-state index < -0.39 is 0 Å².